The van der Waals surface area contributed by atoms with Crippen LogP contribution in [0.4, 0.5) is 4.39 Å². The van der Waals surface area contributed by atoms with Crippen LogP contribution in [0.25, 0.3) is 0 Å². The van der Waals surface area contributed by atoms with E-state index in [-0.39, 0.29) is 22.5 Å². The Bertz CT molecular complexity index is 593. The van der Waals surface area contributed by atoms with Crippen LogP contribution in [0.1, 0.15) is 25.5 Å². The van der Waals surface area contributed by atoms with E-state index < -0.39 is 17.8 Å². The van der Waals surface area contributed by atoms with Gasteiger partial charge in [-0.05, 0) is 32.1 Å². The van der Waals surface area contributed by atoms with E-state index in [1.807, 2.05) is 0 Å². The number of nitrogens with one attached hydrogen (secondary N) is 1. The molecule has 1 unspecified atom stereocenters. The smallest absolute Gasteiger partial charge is 0.246 e. The third kappa shape index (κ3) is 4.45. The zero-order valence-electron chi connectivity index (χ0n) is 12.3. The van der Waals surface area contributed by atoms with E-state index in [1.165, 1.54) is 11.0 Å². The molecule has 0 saturated heterocycles. The third-order valence-corrected chi connectivity index (χ3v) is 3.81. The molecular formula is C15H17Cl2FN2O2. The van der Waals surface area contributed by atoms with Crippen LogP contribution in [0.5, 0.6) is 0 Å². The number of amides is 2. The van der Waals surface area contributed by atoms with Gasteiger partial charge in [-0.25, -0.2) is 4.39 Å². The van der Waals surface area contributed by atoms with E-state index >= 15 is 0 Å². The number of hydrogen-bond donors (Lipinski definition) is 1. The van der Waals surface area contributed by atoms with Crippen LogP contribution in [-0.2, 0) is 9.59 Å². The van der Waals surface area contributed by atoms with Crippen molar-refractivity contribution in [2.75, 3.05) is 13.1 Å². The number of likely N-dealkylation sites (N-methyl/N-ethyl adjacent to an activating group) is 1. The maximum atomic E-state index is 13.5. The van der Waals surface area contributed by atoms with E-state index in [0.29, 0.717) is 12.1 Å². The van der Waals surface area contributed by atoms with Gasteiger partial charge in [0.25, 0.3) is 0 Å². The molecule has 0 aliphatic carbocycles. The molecule has 0 heterocycles. The molecule has 0 aliphatic rings. The highest BCUT2D eigenvalue weighted by Crippen LogP contribution is 2.32. The molecule has 22 heavy (non-hydrogen) atoms. The summed E-state index contributed by atoms with van der Waals surface area (Å²) < 4.78 is 13.5. The first-order valence-electron chi connectivity index (χ1n) is 6.65. The zero-order valence-corrected chi connectivity index (χ0v) is 13.8. The monoisotopic (exact) mass is 346 g/mol. The molecular weight excluding hydrogens is 330 g/mol. The van der Waals surface area contributed by atoms with Crippen molar-refractivity contribution >= 4 is 35.0 Å². The van der Waals surface area contributed by atoms with Crippen molar-refractivity contribution in [1.29, 1.82) is 0 Å². The maximum absolute atomic E-state index is 13.5. The van der Waals surface area contributed by atoms with Crippen LogP contribution in [0.15, 0.2) is 24.8 Å². The van der Waals surface area contributed by atoms with Crippen LogP contribution in [0, 0.1) is 5.82 Å². The molecule has 0 bridgehead atoms. The molecule has 0 aromatic heterocycles. The summed E-state index contributed by atoms with van der Waals surface area (Å²) in [6.07, 6.45) is 1.14. The molecule has 2 amide bonds. The summed E-state index contributed by atoms with van der Waals surface area (Å²) in [6, 6.07) is 1.94. The molecule has 0 saturated carbocycles. The number of nitrogens with zero attached hydrogens (tertiary/aromatic N) is 1. The summed E-state index contributed by atoms with van der Waals surface area (Å²) in [7, 11) is 0. The van der Waals surface area contributed by atoms with E-state index in [1.54, 1.807) is 13.8 Å². The molecule has 1 aromatic carbocycles. The predicted octanol–water partition coefficient (Wildman–Crippen LogP) is 3.34. The van der Waals surface area contributed by atoms with Gasteiger partial charge in [0.2, 0.25) is 11.8 Å². The van der Waals surface area contributed by atoms with Gasteiger partial charge >= 0.3 is 0 Å². The number of rotatable bonds is 6. The van der Waals surface area contributed by atoms with Crippen LogP contribution < -0.4 is 5.32 Å². The first-order valence-corrected chi connectivity index (χ1v) is 7.41. The first kappa shape index (κ1) is 18.5. The SMILES string of the molecule is C=CC(=O)N(CC)CC(=O)NC(C)c1c(Cl)ccc(F)c1Cl. The van der Waals surface area contributed by atoms with Crippen molar-refractivity contribution in [1.82, 2.24) is 10.2 Å². The van der Waals surface area contributed by atoms with Gasteiger partial charge < -0.3 is 10.2 Å². The van der Waals surface area contributed by atoms with Crippen molar-refractivity contribution in [2.24, 2.45) is 0 Å². The Kier molecular flexibility index (Phi) is 6.84. The van der Waals surface area contributed by atoms with Gasteiger partial charge in [-0.1, -0.05) is 29.8 Å². The number of halogens is 3. The lowest BCUT2D eigenvalue weighted by molar-refractivity contribution is -0.132. The van der Waals surface area contributed by atoms with E-state index in [0.717, 1.165) is 12.1 Å². The number of carbonyl (C=O) groups excluding carboxylic acids is 2. The Balaban J connectivity index is 2.83. The van der Waals surface area contributed by atoms with E-state index in [2.05, 4.69) is 11.9 Å². The van der Waals surface area contributed by atoms with Crippen molar-refractivity contribution in [2.45, 2.75) is 19.9 Å². The van der Waals surface area contributed by atoms with Crippen LogP contribution in [0.2, 0.25) is 10.0 Å². The van der Waals surface area contributed by atoms with Gasteiger partial charge in [-0.2, -0.15) is 0 Å². The second kappa shape index (κ2) is 8.15. The molecule has 1 aromatic rings. The fourth-order valence-electron chi connectivity index (χ4n) is 1.95. The largest absolute Gasteiger partial charge is 0.348 e. The fourth-order valence-corrected chi connectivity index (χ4v) is 2.64. The van der Waals surface area contributed by atoms with Gasteiger partial charge in [0.1, 0.15) is 5.82 Å². The van der Waals surface area contributed by atoms with Crippen molar-refractivity contribution < 1.29 is 14.0 Å². The molecule has 1 rings (SSSR count). The Morgan fingerprint density at radius 1 is 1.45 bits per heavy atom. The molecule has 0 aliphatic heterocycles. The molecule has 0 radical (unpaired) electrons. The van der Waals surface area contributed by atoms with E-state index in [4.69, 9.17) is 23.2 Å². The van der Waals surface area contributed by atoms with Crippen molar-refractivity contribution in [3.8, 4) is 0 Å². The van der Waals surface area contributed by atoms with Gasteiger partial charge in [-0.15, -0.1) is 0 Å². The quantitative estimate of drug-likeness (QED) is 0.634. The summed E-state index contributed by atoms with van der Waals surface area (Å²) in [5.41, 5.74) is 0.301. The lowest BCUT2D eigenvalue weighted by Gasteiger charge is -2.22. The Hall–Kier alpha value is -1.59. The standard InChI is InChI=1S/C15H17Cl2FN2O2/c1-4-13(22)20(5-2)8-12(21)19-9(3)14-10(16)6-7-11(18)15(14)17/h4,6-7,9H,1,5,8H2,2-3H3,(H,19,21). The van der Waals surface area contributed by atoms with Crippen LogP contribution >= 0.6 is 23.2 Å². The van der Waals surface area contributed by atoms with Gasteiger partial charge in [0.05, 0.1) is 17.6 Å². The van der Waals surface area contributed by atoms with Gasteiger partial charge in [-0.3, -0.25) is 9.59 Å². The fraction of sp³-hybridized carbons (Fsp3) is 0.333. The van der Waals surface area contributed by atoms with E-state index in [9.17, 15) is 14.0 Å². The average molecular weight is 347 g/mol. The molecule has 1 N–H and O–H groups in total. The lowest BCUT2D eigenvalue weighted by Crippen LogP contribution is -2.40. The molecule has 7 heteroatoms. The Morgan fingerprint density at radius 3 is 2.64 bits per heavy atom. The summed E-state index contributed by atoms with van der Waals surface area (Å²) >= 11 is 11.9. The summed E-state index contributed by atoms with van der Waals surface area (Å²) in [4.78, 5) is 24.9. The Morgan fingerprint density at radius 2 is 2.09 bits per heavy atom. The van der Waals surface area contributed by atoms with Crippen LogP contribution in [-0.4, -0.2) is 29.8 Å². The Labute approximate surface area is 138 Å². The number of benzene rings is 1. The molecule has 0 fully saturated rings. The minimum Gasteiger partial charge on any atom is -0.348 e. The highest BCUT2D eigenvalue weighted by molar-refractivity contribution is 6.36. The number of carbonyl (C=O) groups is 2. The lowest BCUT2D eigenvalue weighted by atomic mass is 10.1. The first-order chi connectivity index (χ1) is 10.3. The summed E-state index contributed by atoms with van der Waals surface area (Å²) in [5, 5.41) is 2.77. The topological polar surface area (TPSA) is 49.4 Å². The highest BCUT2D eigenvalue weighted by atomic mass is 35.5. The minimum atomic E-state index is -0.612. The average Bonchev–Trinajstić information content (AvgIpc) is 2.48. The minimum absolute atomic E-state index is 0.129. The molecule has 120 valence electrons. The second-order valence-corrected chi connectivity index (χ2v) is 5.39. The predicted molar refractivity (Wildman–Crippen MR) is 85.4 cm³/mol. The molecule has 1 atom stereocenters. The summed E-state index contributed by atoms with van der Waals surface area (Å²) in [5.74, 6) is -1.35. The normalized spacial score (nSPS) is 11.7. The van der Waals surface area contributed by atoms with Crippen molar-refractivity contribution in [3.63, 3.8) is 0 Å². The second-order valence-electron chi connectivity index (χ2n) is 4.60. The van der Waals surface area contributed by atoms with Gasteiger partial charge in [0.15, 0.2) is 0 Å². The molecule has 0 spiro atoms. The zero-order chi connectivity index (χ0) is 16.9. The maximum Gasteiger partial charge on any atom is 0.246 e. The van der Waals surface area contributed by atoms with Gasteiger partial charge in [0, 0.05) is 17.1 Å². The van der Waals surface area contributed by atoms with Crippen molar-refractivity contribution in [3.05, 3.63) is 46.2 Å². The third-order valence-electron chi connectivity index (χ3n) is 3.09. The number of hydrogen-bond acceptors (Lipinski definition) is 2. The van der Waals surface area contributed by atoms with Crippen LogP contribution in [0.3, 0.4) is 0 Å². The molecule has 4 nitrogen and oxygen atoms in total. The highest BCUT2D eigenvalue weighted by Gasteiger charge is 2.20. The summed E-state index contributed by atoms with van der Waals surface area (Å²) in [6.45, 7) is 7.00.